The summed E-state index contributed by atoms with van der Waals surface area (Å²) in [6.45, 7) is 2.50. The van der Waals surface area contributed by atoms with Crippen molar-refractivity contribution in [3.63, 3.8) is 0 Å². The quantitative estimate of drug-likeness (QED) is 0.171. The normalized spacial score (nSPS) is 19.2. The average molecular weight is 630 g/mol. The van der Waals surface area contributed by atoms with Crippen molar-refractivity contribution in [3.8, 4) is 22.8 Å². The third-order valence-corrected chi connectivity index (χ3v) is 8.60. The molecule has 2 aliphatic rings. The van der Waals surface area contributed by atoms with E-state index in [1.165, 1.54) is 24.3 Å². The van der Waals surface area contributed by atoms with Crippen LogP contribution in [0.1, 0.15) is 61.1 Å². The second-order valence-corrected chi connectivity index (χ2v) is 12.5. The first kappa shape index (κ1) is 31.5. The van der Waals surface area contributed by atoms with Crippen LogP contribution in [0.25, 0.3) is 22.2 Å². The Hall–Kier alpha value is -4.45. The zero-order valence-electron chi connectivity index (χ0n) is 25.6. The number of carbonyl (C=O) groups excluding carboxylic acids is 2. The van der Waals surface area contributed by atoms with Gasteiger partial charge in [-0.25, -0.2) is 9.37 Å². The number of ketones is 1. The highest BCUT2D eigenvalue weighted by molar-refractivity contribution is 6.01. The molecular formula is C35H36FN3O7. The number of aromatic nitrogens is 2. The molecule has 3 heterocycles. The fraction of sp³-hybridized carbons (Fsp3) is 0.371. The molecule has 6 rings (SSSR count). The maximum atomic E-state index is 13.8. The smallest absolute Gasteiger partial charge is 0.234 e. The highest BCUT2D eigenvalue weighted by atomic mass is 19.1. The van der Waals surface area contributed by atoms with Gasteiger partial charge >= 0.3 is 0 Å². The largest absolute Gasteiger partial charge is 0.489 e. The predicted molar refractivity (Wildman–Crippen MR) is 167 cm³/mol. The lowest BCUT2D eigenvalue weighted by atomic mass is 9.81. The number of carbonyl (C=O) groups is 2. The summed E-state index contributed by atoms with van der Waals surface area (Å²) < 4.78 is 25.9. The van der Waals surface area contributed by atoms with Crippen LogP contribution in [0.4, 0.5) is 4.39 Å². The van der Waals surface area contributed by atoms with Gasteiger partial charge in [0.25, 0.3) is 0 Å². The maximum absolute atomic E-state index is 13.8. The number of hydrogen-bond acceptors (Lipinski definition) is 9. The first-order valence-corrected chi connectivity index (χ1v) is 15.3. The van der Waals surface area contributed by atoms with Crippen molar-refractivity contribution in [1.82, 2.24) is 15.3 Å². The minimum absolute atomic E-state index is 0.0107. The van der Waals surface area contributed by atoms with Crippen molar-refractivity contribution in [2.75, 3.05) is 19.8 Å². The van der Waals surface area contributed by atoms with E-state index >= 15 is 0 Å². The number of hydrogen-bond donors (Lipinski definition) is 4. The molecule has 0 radical (unpaired) electrons. The molecule has 2 aromatic heterocycles. The standard InChI is InChI=1S/C35H36FN3O7/c1-34(33(43)38-17-24(41)18-40)19-45-32-26(34)16-29(39-31(32)20-5-7-23(36)8-6-20)35(2,44)12-11-27(42)22-14-21-4-3-13-37-30(21)28(15-22)46-25-9-10-25/h3-8,13-16,24-25,40-41,44H,9-12,17-19H2,1-2H3,(H,38,43)/t24-,34+,35+/m1/s1. The molecule has 2 aromatic carbocycles. The number of aliphatic hydroxyl groups is 3. The van der Waals surface area contributed by atoms with E-state index in [1.54, 1.807) is 44.3 Å². The zero-order chi connectivity index (χ0) is 32.6. The third kappa shape index (κ3) is 6.31. The summed E-state index contributed by atoms with van der Waals surface area (Å²) in [5.74, 6) is -0.211. The molecule has 0 bridgehead atoms. The molecule has 0 spiro atoms. The fourth-order valence-corrected chi connectivity index (χ4v) is 5.53. The summed E-state index contributed by atoms with van der Waals surface area (Å²) in [7, 11) is 0. The molecule has 1 aliphatic heterocycles. The topological polar surface area (TPSA) is 151 Å². The maximum Gasteiger partial charge on any atom is 0.234 e. The number of Topliss-reactive ketones (excluding diaryl/α,β-unsaturated/α-hetero) is 1. The molecule has 4 aromatic rings. The monoisotopic (exact) mass is 629 g/mol. The predicted octanol–water partition coefficient (Wildman–Crippen LogP) is 3.97. The minimum Gasteiger partial charge on any atom is -0.489 e. The molecule has 0 unspecified atom stereocenters. The molecule has 10 nitrogen and oxygen atoms in total. The van der Waals surface area contributed by atoms with E-state index in [0.29, 0.717) is 39.4 Å². The summed E-state index contributed by atoms with van der Waals surface area (Å²) >= 11 is 0. The number of halogens is 1. The van der Waals surface area contributed by atoms with Gasteiger partial charge in [0.1, 0.15) is 46.1 Å². The second-order valence-electron chi connectivity index (χ2n) is 12.5. The molecule has 1 fully saturated rings. The molecule has 3 atom stereocenters. The van der Waals surface area contributed by atoms with Gasteiger partial charge in [-0.15, -0.1) is 0 Å². The number of nitrogens with zero attached hydrogens (tertiary/aromatic N) is 2. The van der Waals surface area contributed by atoms with Crippen molar-refractivity contribution in [2.45, 2.75) is 62.8 Å². The van der Waals surface area contributed by atoms with E-state index in [9.17, 15) is 29.3 Å². The molecule has 0 saturated heterocycles. The lowest BCUT2D eigenvalue weighted by Gasteiger charge is -2.27. The Morgan fingerprint density at radius 3 is 2.67 bits per heavy atom. The fourth-order valence-electron chi connectivity index (χ4n) is 5.53. The lowest BCUT2D eigenvalue weighted by Crippen LogP contribution is -2.46. The molecule has 240 valence electrons. The number of pyridine rings is 2. The van der Waals surface area contributed by atoms with Crippen LogP contribution in [0.3, 0.4) is 0 Å². The van der Waals surface area contributed by atoms with Crippen LogP contribution < -0.4 is 14.8 Å². The van der Waals surface area contributed by atoms with E-state index in [0.717, 1.165) is 18.2 Å². The molecule has 1 aliphatic carbocycles. The molecule has 1 amide bonds. The number of aliphatic hydroxyl groups excluding tert-OH is 2. The number of benzene rings is 2. The van der Waals surface area contributed by atoms with Crippen LogP contribution in [0.15, 0.2) is 60.8 Å². The van der Waals surface area contributed by atoms with Crippen LogP contribution in [-0.4, -0.2) is 68.9 Å². The SMILES string of the molecule is C[C@](O)(CCC(=O)c1cc(OC2CC2)c2ncccc2c1)c1cc2c(c(-c3ccc(F)cc3)n1)OC[C@]2(C)C(=O)NC[C@@H](O)CO. The van der Waals surface area contributed by atoms with Crippen LogP contribution in [-0.2, 0) is 15.8 Å². The summed E-state index contributed by atoms with van der Waals surface area (Å²) in [4.78, 5) is 36.1. The molecule has 46 heavy (non-hydrogen) atoms. The first-order valence-electron chi connectivity index (χ1n) is 15.3. The highest BCUT2D eigenvalue weighted by Crippen LogP contribution is 2.46. The molecule has 11 heteroatoms. The van der Waals surface area contributed by atoms with E-state index in [-0.39, 0.29) is 43.6 Å². The Kier molecular flexibility index (Phi) is 8.49. The van der Waals surface area contributed by atoms with E-state index in [4.69, 9.17) is 14.5 Å². The average Bonchev–Trinajstić information content (AvgIpc) is 3.81. The Bertz CT molecular complexity index is 1790. The van der Waals surface area contributed by atoms with Crippen molar-refractivity contribution in [1.29, 1.82) is 0 Å². The number of amides is 1. The number of fused-ring (bicyclic) bond motifs is 2. The summed E-state index contributed by atoms with van der Waals surface area (Å²) in [5.41, 5.74) is -0.229. The van der Waals surface area contributed by atoms with Gasteiger partial charge in [0.2, 0.25) is 5.91 Å². The Morgan fingerprint density at radius 2 is 1.96 bits per heavy atom. The van der Waals surface area contributed by atoms with E-state index in [1.807, 2.05) is 6.07 Å². The van der Waals surface area contributed by atoms with E-state index in [2.05, 4.69) is 10.3 Å². The summed E-state index contributed by atoms with van der Waals surface area (Å²) in [6.07, 6.45) is 2.58. The number of ether oxygens (including phenoxy) is 2. The van der Waals surface area contributed by atoms with Gasteiger partial charge in [-0.2, -0.15) is 0 Å². The van der Waals surface area contributed by atoms with Gasteiger partial charge in [0.15, 0.2) is 5.78 Å². The van der Waals surface area contributed by atoms with Crippen molar-refractivity contribution < 1.29 is 38.8 Å². The van der Waals surface area contributed by atoms with Crippen molar-refractivity contribution >= 4 is 22.6 Å². The Morgan fingerprint density at radius 1 is 1.20 bits per heavy atom. The molecule has 1 saturated carbocycles. The van der Waals surface area contributed by atoms with Gasteiger partial charge in [-0.3, -0.25) is 14.6 Å². The van der Waals surface area contributed by atoms with Gasteiger partial charge in [-0.05, 0) is 81.6 Å². The second kappa shape index (κ2) is 12.4. The van der Waals surface area contributed by atoms with Gasteiger partial charge in [0, 0.05) is 41.2 Å². The van der Waals surface area contributed by atoms with Crippen LogP contribution >= 0.6 is 0 Å². The molecule has 4 N–H and O–H groups in total. The van der Waals surface area contributed by atoms with Crippen LogP contribution in [0, 0.1) is 5.82 Å². The van der Waals surface area contributed by atoms with Crippen molar-refractivity contribution in [2.24, 2.45) is 0 Å². The van der Waals surface area contributed by atoms with Crippen LogP contribution in [0.2, 0.25) is 0 Å². The Labute approximate surface area is 265 Å². The summed E-state index contributed by atoms with van der Waals surface area (Å²) in [6, 6.07) is 14.4. The van der Waals surface area contributed by atoms with E-state index < -0.39 is 35.5 Å². The van der Waals surface area contributed by atoms with Gasteiger partial charge in [0.05, 0.1) is 24.5 Å². The van der Waals surface area contributed by atoms with Gasteiger partial charge in [-0.1, -0.05) is 6.07 Å². The lowest BCUT2D eigenvalue weighted by molar-refractivity contribution is -0.127. The van der Waals surface area contributed by atoms with Crippen molar-refractivity contribution in [3.05, 3.63) is 83.4 Å². The first-order chi connectivity index (χ1) is 22.0. The molecular weight excluding hydrogens is 593 g/mol. The highest BCUT2D eigenvalue weighted by Gasteiger charge is 2.46. The number of rotatable bonds is 12. The Balaban J connectivity index is 1.31. The summed E-state index contributed by atoms with van der Waals surface area (Å²) in [5, 5.41) is 34.2. The zero-order valence-corrected chi connectivity index (χ0v) is 25.6. The number of nitrogens with one attached hydrogen (secondary N) is 1. The van der Waals surface area contributed by atoms with Gasteiger partial charge < -0.3 is 30.1 Å². The minimum atomic E-state index is -1.61. The third-order valence-electron chi connectivity index (χ3n) is 8.60. The van der Waals surface area contributed by atoms with Crippen LogP contribution in [0.5, 0.6) is 11.5 Å².